The van der Waals surface area contributed by atoms with Crippen molar-refractivity contribution in [2.24, 2.45) is 9.98 Å². The maximum atomic E-state index is 13.6. The molecule has 57 heavy (non-hydrogen) atoms. The average molecular weight is 767 g/mol. The molecule has 2 atom stereocenters. The molecule has 9 rings (SSSR count). The van der Waals surface area contributed by atoms with E-state index in [4.69, 9.17) is 30.4 Å². The fourth-order valence-electron chi connectivity index (χ4n) is 7.50. The van der Waals surface area contributed by atoms with Gasteiger partial charge in [-0.05, 0) is 78.1 Å². The number of aliphatic imine (C=N–C) groups is 2. The van der Waals surface area contributed by atoms with E-state index in [-0.39, 0.29) is 24.4 Å². The van der Waals surface area contributed by atoms with Gasteiger partial charge >= 0.3 is 0 Å². The van der Waals surface area contributed by atoms with Crippen LogP contribution in [0, 0.1) is 19.3 Å². The number of terminal acetylenes is 1. The van der Waals surface area contributed by atoms with Crippen LogP contribution in [-0.4, -0.2) is 92.6 Å². The molecule has 0 N–H and O–H groups in total. The Morgan fingerprint density at radius 3 is 2.23 bits per heavy atom. The smallest absolute Gasteiger partial charge is 0.256 e. The van der Waals surface area contributed by atoms with Gasteiger partial charge in [-0.25, -0.2) is 4.99 Å². The highest BCUT2D eigenvalue weighted by atomic mass is 16.5. The molecule has 0 aromatic heterocycles. The van der Waals surface area contributed by atoms with Crippen molar-refractivity contribution in [3.8, 4) is 29.6 Å². The number of fused-ring (bicyclic) bond motifs is 2. The summed E-state index contributed by atoms with van der Waals surface area (Å²) in [5.41, 5.74) is 8.19. The first-order valence-corrected chi connectivity index (χ1v) is 18.5. The molecule has 11 heteroatoms. The number of benzene rings is 4. The molecule has 0 fully saturated rings. The van der Waals surface area contributed by atoms with E-state index < -0.39 is 5.54 Å². The molecular weight excluding hydrogens is 721 g/mol. The van der Waals surface area contributed by atoms with E-state index in [2.05, 4.69) is 42.1 Å². The zero-order chi connectivity index (χ0) is 40.7. The summed E-state index contributed by atoms with van der Waals surface area (Å²) in [6.07, 6.45) is 8.80. The van der Waals surface area contributed by atoms with Gasteiger partial charge in [0.25, 0.3) is 5.91 Å². The Morgan fingerprint density at radius 2 is 1.56 bits per heavy atom. The van der Waals surface area contributed by atoms with Crippen molar-refractivity contribution in [1.29, 1.82) is 0 Å². The van der Waals surface area contributed by atoms with Gasteiger partial charge in [0.2, 0.25) is 11.8 Å². The summed E-state index contributed by atoms with van der Waals surface area (Å²) < 4.78 is 20.9. The van der Waals surface area contributed by atoms with Crippen molar-refractivity contribution in [3.05, 3.63) is 130 Å². The second kappa shape index (κ2) is 17.4. The number of methoxy groups -OCH3 is 4. The Labute approximate surface area is 333 Å². The lowest BCUT2D eigenvalue weighted by Crippen LogP contribution is -2.61. The second-order valence-corrected chi connectivity index (χ2v) is 13.9. The van der Waals surface area contributed by atoms with Crippen LogP contribution in [0.5, 0.6) is 17.2 Å². The Balaban J connectivity index is 0.000000161. The second-order valence-electron chi connectivity index (χ2n) is 13.9. The van der Waals surface area contributed by atoms with Crippen LogP contribution in [0.2, 0.25) is 0 Å². The topological polar surface area (TPSA) is 119 Å². The van der Waals surface area contributed by atoms with Crippen LogP contribution >= 0.6 is 0 Å². The molecule has 11 nitrogen and oxygen atoms in total. The minimum Gasteiger partial charge on any atom is -0.497 e. The van der Waals surface area contributed by atoms with Gasteiger partial charge in [0.1, 0.15) is 23.8 Å². The van der Waals surface area contributed by atoms with Crippen molar-refractivity contribution in [3.63, 3.8) is 0 Å². The average Bonchev–Trinajstić information content (AvgIpc) is 3.58. The van der Waals surface area contributed by atoms with Crippen molar-refractivity contribution in [2.45, 2.75) is 44.9 Å². The van der Waals surface area contributed by atoms with E-state index in [1.807, 2.05) is 54.3 Å². The SMILES string of the molecule is C#Cc1ccccc1C=O.COC1=NCC(=O)N(Cc2ccc(OC)cc2OC)C1.COc1ccc(CN2C(=O)C34Cc5ccccc5C3=CC2C(C)=N4)c(C)c1. The monoisotopic (exact) mass is 766 g/mol. The molecule has 2 bridgehead atoms. The third-order valence-corrected chi connectivity index (χ3v) is 10.6. The number of carbonyl (C=O) groups is 3. The quantitative estimate of drug-likeness (QED) is 0.156. The number of carbonyl (C=O) groups excluding carboxylic acids is 3. The lowest BCUT2D eigenvalue weighted by molar-refractivity contribution is -0.137. The molecular formula is C46H46N4O7. The van der Waals surface area contributed by atoms with Crippen molar-refractivity contribution in [2.75, 3.05) is 41.5 Å². The minimum atomic E-state index is -0.761. The predicted molar refractivity (Wildman–Crippen MR) is 220 cm³/mol. The molecule has 0 saturated heterocycles. The maximum Gasteiger partial charge on any atom is 0.256 e. The Hall–Kier alpha value is -6.67. The number of amides is 2. The zero-order valence-corrected chi connectivity index (χ0v) is 33.1. The van der Waals surface area contributed by atoms with E-state index in [9.17, 15) is 14.4 Å². The molecule has 4 heterocycles. The molecule has 4 aromatic rings. The molecule has 292 valence electrons. The van der Waals surface area contributed by atoms with Crippen LogP contribution in [0.4, 0.5) is 0 Å². The number of aldehydes is 1. The van der Waals surface area contributed by atoms with E-state index in [1.165, 1.54) is 11.1 Å². The minimum absolute atomic E-state index is 0.0244. The number of nitrogens with zero attached hydrogens (tertiary/aromatic N) is 4. The fraction of sp³-hybridized carbons (Fsp3) is 0.283. The molecule has 4 aromatic carbocycles. The van der Waals surface area contributed by atoms with Crippen LogP contribution in [0.1, 0.15) is 50.7 Å². The summed E-state index contributed by atoms with van der Waals surface area (Å²) in [5.74, 6) is 5.34. The summed E-state index contributed by atoms with van der Waals surface area (Å²) in [5, 5.41) is 0. The summed E-state index contributed by atoms with van der Waals surface area (Å²) in [6, 6.07) is 26.9. The van der Waals surface area contributed by atoms with Gasteiger partial charge in [-0.3, -0.25) is 19.4 Å². The molecule has 1 aliphatic carbocycles. The van der Waals surface area contributed by atoms with Gasteiger partial charge in [-0.2, -0.15) is 0 Å². The third kappa shape index (κ3) is 8.17. The van der Waals surface area contributed by atoms with Crippen LogP contribution in [0.3, 0.4) is 0 Å². The normalized spacial score (nSPS) is 18.5. The highest BCUT2D eigenvalue weighted by Crippen LogP contribution is 2.50. The van der Waals surface area contributed by atoms with E-state index in [1.54, 1.807) is 57.6 Å². The third-order valence-electron chi connectivity index (χ3n) is 10.6. The van der Waals surface area contributed by atoms with Crippen molar-refractivity contribution < 1.29 is 33.3 Å². The predicted octanol–water partition coefficient (Wildman–Crippen LogP) is 6.14. The van der Waals surface area contributed by atoms with Crippen molar-refractivity contribution in [1.82, 2.24) is 9.80 Å². The molecule has 4 aliphatic heterocycles. The zero-order valence-electron chi connectivity index (χ0n) is 33.1. The number of rotatable bonds is 8. The molecule has 2 amide bonds. The highest BCUT2D eigenvalue weighted by Gasteiger charge is 2.57. The molecule has 0 saturated carbocycles. The summed E-state index contributed by atoms with van der Waals surface area (Å²) in [4.78, 5) is 48.4. The van der Waals surface area contributed by atoms with Gasteiger partial charge in [0.05, 0.1) is 41.0 Å². The van der Waals surface area contributed by atoms with Gasteiger partial charge in [0, 0.05) is 48.0 Å². The molecule has 2 unspecified atom stereocenters. The first-order chi connectivity index (χ1) is 27.6. The van der Waals surface area contributed by atoms with Gasteiger partial charge in [0.15, 0.2) is 11.8 Å². The van der Waals surface area contributed by atoms with Crippen LogP contribution < -0.4 is 14.2 Å². The molecule has 5 aliphatic rings. The number of ether oxygens (including phenoxy) is 4. The lowest BCUT2D eigenvalue weighted by Gasteiger charge is -2.46. The highest BCUT2D eigenvalue weighted by molar-refractivity contribution is 6.15. The molecule has 0 radical (unpaired) electrons. The van der Waals surface area contributed by atoms with Crippen LogP contribution in [0.25, 0.3) is 5.57 Å². The first kappa shape index (κ1) is 40.0. The van der Waals surface area contributed by atoms with Crippen molar-refractivity contribution >= 4 is 35.3 Å². The van der Waals surface area contributed by atoms with E-state index >= 15 is 0 Å². The van der Waals surface area contributed by atoms with Crippen LogP contribution in [-0.2, 0) is 33.8 Å². The first-order valence-electron chi connectivity index (χ1n) is 18.5. The van der Waals surface area contributed by atoms with E-state index in [0.717, 1.165) is 45.8 Å². The Kier molecular flexibility index (Phi) is 12.2. The summed E-state index contributed by atoms with van der Waals surface area (Å²) in [6.45, 7) is 5.66. The van der Waals surface area contributed by atoms with Gasteiger partial charge < -0.3 is 28.7 Å². The lowest BCUT2D eigenvalue weighted by atomic mass is 9.79. The number of hydrogen-bond acceptors (Lipinski definition) is 9. The fourth-order valence-corrected chi connectivity index (χ4v) is 7.50. The van der Waals surface area contributed by atoms with Gasteiger partial charge in [-0.1, -0.05) is 54.5 Å². The summed E-state index contributed by atoms with van der Waals surface area (Å²) >= 11 is 0. The largest absolute Gasteiger partial charge is 0.497 e. The Bertz CT molecular complexity index is 2320. The number of dihydropyridines is 1. The summed E-state index contributed by atoms with van der Waals surface area (Å²) in [7, 11) is 6.42. The Morgan fingerprint density at radius 1 is 0.860 bits per heavy atom. The molecule has 1 spiro atoms. The number of hydrogen-bond donors (Lipinski definition) is 0. The standard InChI is InChI=1S/C23H22N2O2.C14H18N2O4.C9H6O/c1-14-10-18(27-3)9-8-17(14)13-25-21-11-20-19-7-5-4-6-16(19)12-23(20,22(25)26)24-15(21)2;1-18-11-5-4-10(12(6-11)19-2)8-16-9-13(20-3)15-7-14(16)17;1-2-8-5-3-4-6-9(8)7-10/h4-11,21H,12-13H2,1-3H3;4-6H,7-9H2,1-3H3;1,3-7H. The van der Waals surface area contributed by atoms with Crippen LogP contribution in [0.15, 0.2) is 101 Å². The number of aryl methyl sites for hydroxylation is 1. The van der Waals surface area contributed by atoms with Gasteiger partial charge in [-0.15, -0.1) is 6.42 Å². The maximum absolute atomic E-state index is 13.6. The van der Waals surface area contributed by atoms with E-state index in [0.29, 0.717) is 48.8 Å².